The van der Waals surface area contributed by atoms with E-state index in [0.29, 0.717) is 6.42 Å². The number of nitrogens with one attached hydrogen (secondary N) is 1. The van der Waals surface area contributed by atoms with Gasteiger partial charge < -0.3 is 5.32 Å². The molecule has 1 N–H and O–H groups in total. The van der Waals surface area contributed by atoms with Gasteiger partial charge in [-0.25, -0.2) is 4.39 Å². The quantitative estimate of drug-likeness (QED) is 0.892. The van der Waals surface area contributed by atoms with Crippen molar-refractivity contribution in [3.05, 3.63) is 35.6 Å². The van der Waals surface area contributed by atoms with Gasteiger partial charge in [-0.05, 0) is 50.3 Å². The van der Waals surface area contributed by atoms with Crippen LogP contribution in [0.1, 0.15) is 47.1 Å². The van der Waals surface area contributed by atoms with E-state index in [-0.39, 0.29) is 28.6 Å². The molecule has 1 atom stereocenters. The smallest absolute Gasteiger partial charge is 0.224 e. The summed E-state index contributed by atoms with van der Waals surface area (Å²) in [4.78, 5) is 12.5. The molecule has 0 radical (unpaired) electrons. The normalized spacial score (nSPS) is 13.9. The van der Waals surface area contributed by atoms with Crippen LogP contribution in [-0.4, -0.2) is 11.4 Å². The van der Waals surface area contributed by atoms with Crippen LogP contribution < -0.4 is 5.32 Å². The number of hydrogen-bond donors (Lipinski definition) is 1. The Morgan fingerprint density at radius 1 is 1.10 bits per heavy atom. The monoisotopic (exact) mass is 279 g/mol. The van der Waals surface area contributed by atoms with Gasteiger partial charge >= 0.3 is 0 Å². The predicted molar refractivity (Wildman–Crippen MR) is 80.9 cm³/mol. The van der Waals surface area contributed by atoms with Crippen molar-refractivity contribution in [3.8, 4) is 0 Å². The Hall–Kier alpha value is -1.38. The largest absolute Gasteiger partial charge is 0.351 e. The molecular formula is C17H26FNO. The van der Waals surface area contributed by atoms with Crippen molar-refractivity contribution in [3.63, 3.8) is 0 Å². The summed E-state index contributed by atoms with van der Waals surface area (Å²) in [6, 6.07) is 6.38. The molecule has 0 saturated carbocycles. The summed E-state index contributed by atoms with van der Waals surface area (Å²) in [7, 11) is 0. The molecule has 20 heavy (non-hydrogen) atoms. The molecule has 2 nitrogen and oxygen atoms in total. The molecule has 0 aromatic heterocycles. The molecule has 1 aromatic rings. The number of amides is 1. The fourth-order valence-electron chi connectivity index (χ4n) is 2.11. The van der Waals surface area contributed by atoms with E-state index in [1.807, 2.05) is 20.8 Å². The molecule has 1 aromatic carbocycles. The van der Waals surface area contributed by atoms with E-state index in [4.69, 9.17) is 0 Å². The van der Waals surface area contributed by atoms with Crippen molar-refractivity contribution in [2.24, 2.45) is 11.3 Å². The lowest BCUT2D eigenvalue weighted by atomic mass is 9.76. The van der Waals surface area contributed by atoms with Gasteiger partial charge in [0.05, 0.1) is 0 Å². The van der Waals surface area contributed by atoms with Crippen LogP contribution in [-0.2, 0) is 11.2 Å². The lowest BCUT2D eigenvalue weighted by Gasteiger charge is -2.33. The van der Waals surface area contributed by atoms with Crippen molar-refractivity contribution in [1.29, 1.82) is 0 Å². The number of halogens is 1. The fourth-order valence-corrected chi connectivity index (χ4v) is 2.11. The number of carbonyl (C=O) groups excluding carboxylic acids is 1. The first kappa shape index (κ1) is 16.7. The Kier molecular flexibility index (Phi) is 4.95. The van der Waals surface area contributed by atoms with E-state index in [9.17, 15) is 9.18 Å². The average Bonchev–Trinajstić information content (AvgIpc) is 2.24. The Morgan fingerprint density at radius 2 is 1.60 bits per heavy atom. The minimum absolute atomic E-state index is 0.0503. The van der Waals surface area contributed by atoms with Gasteiger partial charge in [0, 0.05) is 11.5 Å². The number of rotatable bonds is 3. The van der Waals surface area contributed by atoms with Gasteiger partial charge in [0.1, 0.15) is 5.82 Å². The van der Waals surface area contributed by atoms with Gasteiger partial charge in [-0.15, -0.1) is 0 Å². The maximum absolute atomic E-state index is 13.0. The van der Waals surface area contributed by atoms with Crippen LogP contribution in [0.5, 0.6) is 0 Å². The molecule has 1 amide bonds. The molecule has 0 aliphatic carbocycles. The van der Waals surface area contributed by atoms with E-state index < -0.39 is 0 Å². The molecule has 0 aliphatic heterocycles. The van der Waals surface area contributed by atoms with Crippen molar-refractivity contribution in [1.82, 2.24) is 5.32 Å². The molecule has 3 heteroatoms. The van der Waals surface area contributed by atoms with Crippen molar-refractivity contribution >= 4 is 5.91 Å². The van der Waals surface area contributed by atoms with Crippen LogP contribution in [0.25, 0.3) is 0 Å². The van der Waals surface area contributed by atoms with Crippen molar-refractivity contribution in [2.45, 2.75) is 53.5 Å². The number of carbonyl (C=O) groups is 1. The van der Waals surface area contributed by atoms with Gasteiger partial charge in [0.2, 0.25) is 5.91 Å². The van der Waals surface area contributed by atoms with Crippen LogP contribution in [0.3, 0.4) is 0 Å². The third-order valence-corrected chi connectivity index (χ3v) is 3.21. The zero-order valence-electron chi connectivity index (χ0n) is 13.4. The Bertz CT molecular complexity index is 451. The first-order valence-corrected chi connectivity index (χ1v) is 7.05. The summed E-state index contributed by atoms with van der Waals surface area (Å²) in [6.45, 7) is 12.1. The van der Waals surface area contributed by atoms with E-state index in [1.165, 1.54) is 12.1 Å². The Balaban J connectivity index is 2.91. The molecule has 0 unspecified atom stereocenters. The molecule has 0 spiro atoms. The second-order valence-electron chi connectivity index (χ2n) is 7.49. The van der Waals surface area contributed by atoms with Gasteiger partial charge in [-0.2, -0.15) is 0 Å². The highest BCUT2D eigenvalue weighted by molar-refractivity contribution is 5.80. The minimum Gasteiger partial charge on any atom is -0.351 e. The highest BCUT2D eigenvalue weighted by atomic mass is 19.1. The van der Waals surface area contributed by atoms with E-state index >= 15 is 0 Å². The summed E-state index contributed by atoms with van der Waals surface area (Å²) in [5.74, 6) is -0.346. The summed E-state index contributed by atoms with van der Waals surface area (Å²) in [5, 5.41) is 3.04. The summed E-state index contributed by atoms with van der Waals surface area (Å²) in [6.07, 6.45) is 0.617. The second-order valence-corrected chi connectivity index (χ2v) is 7.49. The highest BCUT2D eigenvalue weighted by Gasteiger charge is 2.33. The summed E-state index contributed by atoms with van der Waals surface area (Å²) in [5.41, 5.74) is 0.586. The van der Waals surface area contributed by atoms with E-state index in [0.717, 1.165) is 5.56 Å². The zero-order valence-corrected chi connectivity index (χ0v) is 13.4. The first-order valence-electron chi connectivity index (χ1n) is 7.05. The van der Waals surface area contributed by atoms with Crippen LogP contribution in [0.4, 0.5) is 4.39 Å². The molecule has 112 valence electrons. The summed E-state index contributed by atoms with van der Waals surface area (Å²) < 4.78 is 13.0. The van der Waals surface area contributed by atoms with Gasteiger partial charge in [-0.3, -0.25) is 4.79 Å². The second kappa shape index (κ2) is 5.94. The van der Waals surface area contributed by atoms with Gasteiger partial charge in [0.15, 0.2) is 0 Å². The van der Waals surface area contributed by atoms with Crippen LogP contribution in [0.15, 0.2) is 24.3 Å². The molecule has 0 bridgehead atoms. The van der Waals surface area contributed by atoms with Crippen LogP contribution in [0, 0.1) is 17.2 Å². The summed E-state index contributed by atoms with van der Waals surface area (Å²) >= 11 is 0. The fraction of sp³-hybridized carbons (Fsp3) is 0.588. The first-order chi connectivity index (χ1) is 8.99. The van der Waals surface area contributed by atoms with E-state index in [1.54, 1.807) is 12.1 Å². The maximum Gasteiger partial charge on any atom is 0.224 e. The lowest BCUT2D eigenvalue weighted by Crippen LogP contribution is -2.47. The Labute approximate surface area is 121 Å². The predicted octanol–water partition coefficient (Wildman–Crippen LogP) is 3.95. The van der Waals surface area contributed by atoms with Crippen molar-refractivity contribution < 1.29 is 9.18 Å². The van der Waals surface area contributed by atoms with Gasteiger partial charge in [0.25, 0.3) is 0 Å². The number of benzene rings is 1. The molecule has 0 heterocycles. The van der Waals surface area contributed by atoms with Crippen molar-refractivity contribution in [2.75, 3.05) is 0 Å². The standard InChI is InChI=1S/C17H26FNO/c1-16(2,3)14(15(20)19-17(4,5)6)11-12-7-9-13(18)10-8-12/h7-10,14H,11H2,1-6H3,(H,19,20)/t14-/m1/s1. The van der Waals surface area contributed by atoms with Crippen LogP contribution >= 0.6 is 0 Å². The molecule has 0 aliphatic rings. The van der Waals surface area contributed by atoms with Gasteiger partial charge in [-0.1, -0.05) is 32.9 Å². The molecular weight excluding hydrogens is 253 g/mol. The molecule has 1 rings (SSSR count). The van der Waals surface area contributed by atoms with Crippen LogP contribution in [0.2, 0.25) is 0 Å². The van der Waals surface area contributed by atoms with E-state index in [2.05, 4.69) is 26.1 Å². The third kappa shape index (κ3) is 5.32. The number of hydrogen-bond acceptors (Lipinski definition) is 1. The maximum atomic E-state index is 13.0. The lowest BCUT2D eigenvalue weighted by molar-refractivity contribution is -0.129. The average molecular weight is 279 g/mol. The Morgan fingerprint density at radius 3 is 2.00 bits per heavy atom. The SMILES string of the molecule is CC(C)(C)NC(=O)[C@@H](Cc1ccc(F)cc1)C(C)(C)C. The minimum atomic E-state index is -0.250. The zero-order chi connectivity index (χ0) is 15.6. The topological polar surface area (TPSA) is 29.1 Å². The molecule has 0 saturated heterocycles. The molecule has 0 fully saturated rings. The third-order valence-electron chi connectivity index (χ3n) is 3.21. The highest BCUT2D eigenvalue weighted by Crippen LogP contribution is 2.30.